The number of hydrogen-bond donors (Lipinski definition) is 3. The zero-order valence-electron chi connectivity index (χ0n) is 20.1. The molecule has 0 radical (unpaired) electrons. The molecule has 0 amide bonds. The fraction of sp³-hybridized carbons (Fsp3) is 0.522. The Labute approximate surface area is 209 Å². The van der Waals surface area contributed by atoms with Crippen molar-refractivity contribution >= 4 is 23.7 Å². The summed E-state index contributed by atoms with van der Waals surface area (Å²) >= 11 is 0. The van der Waals surface area contributed by atoms with Crippen LogP contribution in [0.1, 0.15) is 5.56 Å². The first-order chi connectivity index (χ1) is 17.3. The van der Waals surface area contributed by atoms with Crippen molar-refractivity contribution in [1.82, 2.24) is 29.7 Å². The van der Waals surface area contributed by atoms with Gasteiger partial charge in [-0.3, -0.25) is 29.1 Å². The van der Waals surface area contributed by atoms with Crippen LogP contribution in [0.3, 0.4) is 0 Å². The maximum Gasteiger partial charge on any atom is 0.317 e. The summed E-state index contributed by atoms with van der Waals surface area (Å²) in [5, 5.41) is 36.5. The number of carbonyl (C=O) groups is 3. The Morgan fingerprint density at radius 3 is 1.58 bits per heavy atom. The molecule has 196 valence electrons. The number of hydrogen-bond acceptors (Lipinski definition) is 9. The van der Waals surface area contributed by atoms with Crippen LogP contribution in [0.25, 0.3) is 0 Å². The third kappa shape index (κ3) is 9.24. The van der Waals surface area contributed by atoms with Gasteiger partial charge in [0.15, 0.2) is 5.82 Å². The molecule has 2 aromatic rings. The molecule has 1 aromatic heterocycles. The van der Waals surface area contributed by atoms with Crippen LogP contribution >= 0.6 is 0 Å². The van der Waals surface area contributed by atoms with Gasteiger partial charge in [-0.2, -0.15) is 0 Å². The van der Waals surface area contributed by atoms with Crippen molar-refractivity contribution in [2.75, 3.05) is 76.9 Å². The molecule has 3 N–H and O–H groups in total. The summed E-state index contributed by atoms with van der Waals surface area (Å²) < 4.78 is 1.73. The molecule has 1 saturated heterocycles. The molecule has 2 heterocycles. The quantitative estimate of drug-likeness (QED) is 0.396. The first-order valence-electron chi connectivity index (χ1n) is 11.8. The van der Waals surface area contributed by atoms with Gasteiger partial charge >= 0.3 is 17.9 Å². The highest BCUT2D eigenvalue weighted by molar-refractivity contribution is 5.70. The minimum absolute atomic E-state index is 0.166. The first-order valence-corrected chi connectivity index (χ1v) is 11.8. The fourth-order valence-corrected chi connectivity index (χ4v) is 4.10. The van der Waals surface area contributed by atoms with Gasteiger partial charge < -0.3 is 20.2 Å². The minimum Gasteiger partial charge on any atom is -0.480 e. The van der Waals surface area contributed by atoms with Crippen LogP contribution in [-0.4, -0.2) is 135 Å². The average Bonchev–Trinajstić information content (AvgIpc) is 3.27. The molecule has 0 atom stereocenters. The van der Waals surface area contributed by atoms with Crippen LogP contribution in [0.15, 0.2) is 36.5 Å². The molecule has 13 heteroatoms. The molecule has 1 aliphatic heterocycles. The second kappa shape index (κ2) is 13.5. The predicted octanol–water partition coefficient (Wildman–Crippen LogP) is -0.694. The maximum absolute atomic E-state index is 11.4. The molecule has 0 aliphatic carbocycles. The van der Waals surface area contributed by atoms with Crippen molar-refractivity contribution < 1.29 is 29.7 Å². The van der Waals surface area contributed by atoms with Crippen molar-refractivity contribution in [2.24, 2.45) is 0 Å². The summed E-state index contributed by atoms with van der Waals surface area (Å²) in [4.78, 5) is 41.4. The zero-order chi connectivity index (χ0) is 25.9. The molecule has 1 aliphatic rings. The molecular weight excluding hydrogens is 470 g/mol. The summed E-state index contributed by atoms with van der Waals surface area (Å²) in [6, 6.07) is 9.85. The number of rotatable bonds is 9. The van der Waals surface area contributed by atoms with Crippen LogP contribution < -0.4 is 4.90 Å². The standard InChI is InChI=1S/C23H33N7O6/c31-21(32)16-26-6-8-27(17-22(33)34)10-12-29(13-11-28(9-7-26)18-23(35)36)20-15-30(25-24-20)14-19-4-2-1-3-5-19/h1-5,15H,6-14,16-18H2,(H,31,32)(H,33,34)(H,35,36). The third-order valence-electron chi connectivity index (χ3n) is 5.95. The van der Waals surface area contributed by atoms with E-state index in [0.717, 1.165) is 5.56 Å². The highest BCUT2D eigenvalue weighted by Crippen LogP contribution is 2.12. The van der Waals surface area contributed by atoms with Gasteiger partial charge in [0.25, 0.3) is 0 Å². The molecule has 1 fully saturated rings. The number of anilines is 1. The van der Waals surface area contributed by atoms with E-state index in [1.807, 2.05) is 41.4 Å². The smallest absolute Gasteiger partial charge is 0.317 e. The molecule has 0 unspecified atom stereocenters. The predicted molar refractivity (Wildman–Crippen MR) is 130 cm³/mol. The fourth-order valence-electron chi connectivity index (χ4n) is 4.10. The zero-order valence-corrected chi connectivity index (χ0v) is 20.1. The van der Waals surface area contributed by atoms with Gasteiger partial charge in [0.05, 0.1) is 32.4 Å². The van der Waals surface area contributed by atoms with E-state index in [0.29, 0.717) is 64.7 Å². The summed E-state index contributed by atoms with van der Waals surface area (Å²) in [5.41, 5.74) is 1.08. The second-order valence-corrected chi connectivity index (χ2v) is 8.76. The minimum atomic E-state index is -0.985. The first kappa shape index (κ1) is 27.0. The molecule has 3 rings (SSSR count). The average molecular weight is 504 g/mol. The molecule has 0 saturated carbocycles. The van der Waals surface area contributed by atoms with E-state index in [1.165, 1.54) is 0 Å². The van der Waals surface area contributed by atoms with Gasteiger partial charge in [-0.1, -0.05) is 35.5 Å². The highest BCUT2D eigenvalue weighted by atomic mass is 16.4. The van der Waals surface area contributed by atoms with Crippen LogP contribution in [0.5, 0.6) is 0 Å². The van der Waals surface area contributed by atoms with Crippen LogP contribution in [0.2, 0.25) is 0 Å². The number of benzene rings is 1. The van der Waals surface area contributed by atoms with Gasteiger partial charge in [0, 0.05) is 52.4 Å². The number of carboxylic acids is 3. The van der Waals surface area contributed by atoms with Crippen molar-refractivity contribution in [3.63, 3.8) is 0 Å². The lowest BCUT2D eigenvalue weighted by molar-refractivity contribution is -0.140. The summed E-state index contributed by atoms with van der Waals surface area (Å²) in [6.45, 7) is 3.21. The van der Waals surface area contributed by atoms with E-state index in [-0.39, 0.29) is 19.6 Å². The second-order valence-electron chi connectivity index (χ2n) is 8.76. The van der Waals surface area contributed by atoms with Crippen molar-refractivity contribution in [2.45, 2.75) is 6.54 Å². The summed E-state index contributed by atoms with van der Waals surface area (Å²) in [5.74, 6) is -2.28. The number of aromatic nitrogens is 3. The summed E-state index contributed by atoms with van der Waals surface area (Å²) in [7, 11) is 0. The number of nitrogens with zero attached hydrogens (tertiary/aromatic N) is 7. The van der Waals surface area contributed by atoms with Crippen molar-refractivity contribution in [3.05, 3.63) is 42.1 Å². The molecule has 36 heavy (non-hydrogen) atoms. The Kier molecular flexibility index (Phi) is 10.2. The normalized spacial score (nSPS) is 17.3. The van der Waals surface area contributed by atoms with E-state index in [9.17, 15) is 29.7 Å². The van der Waals surface area contributed by atoms with Gasteiger partial charge in [-0.25, -0.2) is 4.68 Å². The topological polar surface area (TPSA) is 156 Å². The Morgan fingerprint density at radius 1 is 0.694 bits per heavy atom. The SMILES string of the molecule is O=C(O)CN1CCN(CC(=O)O)CCN(c2cn(Cc3ccccc3)nn2)CCN(CC(=O)O)CC1. The highest BCUT2D eigenvalue weighted by Gasteiger charge is 2.21. The Morgan fingerprint density at radius 2 is 1.14 bits per heavy atom. The lowest BCUT2D eigenvalue weighted by Gasteiger charge is -2.33. The third-order valence-corrected chi connectivity index (χ3v) is 5.95. The van der Waals surface area contributed by atoms with Crippen LogP contribution in [-0.2, 0) is 20.9 Å². The Hall–Kier alpha value is -3.55. The molecule has 13 nitrogen and oxygen atoms in total. The number of aliphatic carboxylic acids is 3. The maximum atomic E-state index is 11.4. The monoisotopic (exact) mass is 503 g/mol. The van der Waals surface area contributed by atoms with Gasteiger partial charge in [-0.05, 0) is 5.56 Å². The van der Waals surface area contributed by atoms with Gasteiger partial charge in [0.1, 0.15) is 0 Å². The van der Waals surface area contributed by atoms with Crippen LogP contribution in [0.4, 0.5) is 5.82 Å². The van der Waals surface area contributed by atoms with Crippen molar-refractivity contribution in [1.29, 1.82) is 0 Å². The van der Waals surface area contributed by atoms with Gasteiger partial charge in [-0.15, -0.1) is 5.10 Å². The van der Waals surface area contributed by atoms with Gasteiger partial charge in [0.2, 0.25) is 0 Å². The Balaban J connectivity index is 1.77. The molecular formula is C23H33N7O6. The van der Waals surface area contributed by atoms with E-state index in [4.69, 9.17) is 0 Å². The number of carboxylic acid groups (broad SMARTS) is 3. The molecule has 0 bridgehead atoms. The van der Waals surface area contributed by atoms with E-state index < -0.39 is 17.9 Å². The van der Waals surface area contributed by atoms with E-state index >= 15 is 0 Å². The van der Waals surface area contributed by atoms with Crippen LogP contribution in [0, 0.1) is 0 Å². The van der Waals surface area contributed by atoms with E-state index in [1.54, 1.807) is 19.4 Å². The largest absolute Gasteiger partial charge is 0.480 e. The summed E-state index contributed by atoms with van der Waals surface area (Å²) in [6.07, 6.45) is 1.83. The molecule has 1 aromatic carbocycles. The lowest BCUT2D eigenvalue weighted by Crippen LogP contribution is -2.48. The van der Waals surface area contributed by atoms with E-state index in [2.05, 4.69) is 10.3 Å². The molecule has 0 spiro atoms. The Bertz CT molecular complexity index is 970. The van der Waals surface area contributed by atoms with Crippen molar-refractivity contribution in [3.8, 4) is 0 Å². The lowest BCUT2D eigenvalue weighted by atomic mass is 10.2.